The Morgan fingerprint density at radius 2 is 1.97 bits per heavy atom. The molecule has 0 aromatic heterocycles. The van der Waals surface area contributed by atoms with E-state index in [0.717, 1.165) is 48.7 Å². The van der Waals surface area contributed by atoms with Gasteiger partial charge >= 0.3 is 0 Å². The van der Waals surface area contributed by atoms with Crippen molar-refractivity contribution in [3.63, 3.8) is 0 Å². The number of amides is 2. The number of anilines is 2. The summed E-state index contributed by atoms with van der Waals surface area (Å²) in [5.41, 5.74) is 3.99. The van der Waals surface area contributed by atoms with Crippen molar-refractivity contribution in [2.24, 2.45) is 0 Å². The van der Waals surface area contributed by atoms with Crippen LogP contribution in [0.2, 0.25) is 0 Å². The fourth-order valence-electron chi connectivity index (χ4n) is 3.55. The molecule has 1 aliphatic heterocycles. The lowest BCUT2D eigenvalue weighted by molar-refractivity contribution is -0.117. The van der Waals surface area contributed by atoms with Crippen molar-refractivity contribution in [1.82, 2.24) is 4.90 Å². The van der Waals surface area contributed by atoms with Gasteiger partial charge in [-0.05, 0) is 67.4 Å². The molecule has 0 bridgehead atoms. The summed E-state index contributed by atoms with van der Waals surface area (Å²) in [7, 11) is 0. The highest BCUT2D eigenvalue weighted by molar-refractivity contribution is 5.94. The fourth-order valence-corrected chi connectivity index (χ4v) is 3.55. The summed E-state index contributed by atoms with van der Waals surface area (Å²) in [6.07, 6.45) is 2.28. The number of benzene rings is 2. The van der Waals surface area contributed by atoms with Crippen LogP contribution in [0.25, 0.3) is 0 Å². The number of carbonyl (C=O) groups is 2. The molecule has 6 heteroatoms. The number of hydrogen-bond donors (Lipinski definition) is 2. The molecule has 0 saturated heterocycles. The summed E-state index contributed by atoms with van der Waals surface area (Å²) in [5, 5.41) is 5.85. The van der Waals surface area contributed by atoms with Crippen LogP contribution in [0.1, 0.15) is 44.2 Å². The summed E-state index contributed by atoms with van der Waals surface area (Å²) < 4.78 is 5.79. The number of aryl methyl sites for hydroxylation is 1. The van der Waals surface area contributed by atoms with Crippen molar-refractivity contribution in [3.8, 4) is 5.75 Å². The zero-order chi connectivity index (χ0) is 21.3. The Morgan fingerprint density at radius 1 is 1.13 bits per heavy atom. The van der Waals surface area contributed by atoms with Crippen LogP contribution in [-0.4, -0.2) is 36.4 Å². The minimum atomic E-state index is -0.00765. The Labute approximate surface area is 178 Å². The van der Waals surface area contributed by atoms with E-state index < -0.39 is 0 Å². The van der Waals surface area contributed by atoms with E-state index >= 15 is 0 Å². The van der Waals surface area contributed by atoms with Crippen molar-refractivity contribution < 1.29 is 14.3 Å². The highest BCUT2D eigenvalue weighted by Crippen LogP contribution is 2.26. The quantitative estimate of drug-likeness (QED) is 0.577. The Morgan fingerprint density at radius 3 is 2.77 bits per heavy atom. The number of hydrogen-bond acceptors (Lipinski definition) is 4. The van der Waals surface area contributed by atoms with Crippen LogP contribution >= 0.6 is 0 Å². The minimum Gasteiger partial charge on any atom is -0.494 e. The zero-order valence-electron chi connectivity index (χ0n) is 17.9. The van der Waals surface area contributed by atoms with Crippen molar-refractivity contribution >= 4 is 23.2 Å². The molecule has 1 heterocycles. The van der Waals surface area contributed by atoms with Gasteiger partial charge in [-0.15, -0.1) is 0 Å². The molecule has 0 unspecified atom stereocenters. The third-order valence-electron chi connectivity index (χ3n) is 5.30. The SMILES string of the molecule is CCN(CC)Cc1cccc(NC(=O)CCCOc2ccc3c(c2)CCC(=O)N3)c1. The third kappa shape index (κ3) is 6.32. The molecule has 2 N–H and O–H groups in total. The van der Waals surface area contributed by atoms with Crippen LogP contribution in [0.3, 0.4) is 0 Å². The normalized spacial score (nSPS) is 13.0. The topological polar surface area (TPSA) is 70.7 Å². The monoisotopic (exact) mass is 409 g/mol. The molecule has 2 aromatic carbocycles. The molecule has 2 amide bonds. The van der Waals surface area contributed by atoms with E-state index in [4.69, 9.17) is 4.74 Å². The molecular weight excluding hydrogens is 378 g/mol. The average Bonchev–Trinajstić information content (AvgIpc) is 2.75. The summed E-state index contributed by atoms with van der Waals surface area (Å²) in [4.78, 5) is 26.0. The maximum absolute atomic E-state index is 12.3. The summed E-state index contributed by atoms with van der Waals surface area (Å²) in [5.74, 6) is 0.821. The molecule has 0 radical (unpaired) electrons. The van der Waals surface area contributed by atoms with Gasteiger partial charge in [-0.1, -0.05) is 26.0 Å². The number of fused-ring (bicyclic) bond motifs is 1. The average molecular weight is 410 g/mol. The maximum Gasteiger partial charge on any atom is 0.224 e. The van der Waals surface area contributed by atoms with Gasteiger partial charge in [0.15, 0.2) is 0 Å². The van der Waals surface area contributed by atoms with E-state index in [1.165, 1.54) is 5.56 Å². The summed E-state index contributed by atoms with van der Waals surface area (Å²) in [6, 6.07) is 13.7. The van der Waals surface area contributed by atoms with E-state index in [0.29, 0.717) is 25.9 Å². The van der Waals surface area contributed by atoms with Crippen molar-refractivity contribution in [2.45, 2.75) is 46.1 Å². The molecular formula is C24H31N3O3. The molecule has 3 rings (SSSR count). The Bertz CT molecular complexity index is 878. The number of carbonyl (C=O) groups excluding carboxylic acids is 2. The Kier molecular flexibility index (Phi) is 7.85. The van der Waals surface area contributed by atoms with Crippen LogP contribution in [-0.2, 0) is 22.6 Å². The van der Waals surface area contributed by atoms with Crippen LogP contribution in [0.15, 0.2) is 42.5 Å². The lowest BCUT2D eigenvalue weighted by Crippen LogP contribution is -2.22. The highest BCUT2D eigenvalue weighted by atomic mass is 16.5. The van der Waals surface area contributed by atoms with Gasteiger partial charge in [-0.3, -0.25) is 14.5 Å². The van der Waals surface area contributed by atoms with Gasteiger partial charge < -0.3 is 15.4 Å². The second-order valence-electron chi connectivity index (χ2n) is 7.53. The zero-order valence-corrected chi connectivity index (χ0v) is 17.9. The smallest absolute Gasteiger partial charge is 0.224 e. The van der Waals surface area contributed by atoms with Crippen LogP contribution in [0, 0.1) is 0 Å². The Hall–Kier alpha value is -2.86. The third-order valence-corrected chi connectivity index (χ3v) is 5.30. The lowest BCUT2D eigenvalue weighted by Gasteiger charge is -2.18. The second-order valence-corrected chi connectivity index (χ2v) is 7.53. The lowest BCUT2D eigenvalue weighted by atomic mass is 10.0. The number of nitrogens with zero attached hydrogens (tertiary/aromatic N) is 1. The molecule has 30 heavy (non-hydrogen) atoms. The first kappa shape index (κ1) is 21.8. The first-order valence-corrected chi connectivity index (χ1v) is 10.7. The van der Waals surface area contributed by atoms with Gasteiger partial charge in [0.2, 0.25) is 11.8 Å². The second kappa shape index (κ2) is 10.8. The molecule has 0 saturated carbocycles. The van der Waals surface area contributed by atoms with E-state index in [-0.39, 0.29) is 11.8 Å². The molecule has 1 aliphatic rings. The fraction of sp³-hybridized carbons (Fsp3) is 0.417. The highest BCUT2D eigenvalue weighted by Gasteiger charge is 2.15. The van der Waals surface area contributed by atoms with Crippen molar-refractivity contribution in [3.05, 3.63) is 53.6 Å². The van der Waals surface area contributed by atoms with Crippen LogP contribution < -0.4 is 15.4 Å². The van der Waals surface area contributed by atoms with E-state index in [1.807, 2.05) is 36.4 Å². The van der Waals surface area contributed by atoms with Crippen LogP contribution in [0.4, 0.5) is 11.4 Å². The van der Waals surface area contributed by atoms with Gasteiger partial charge in [0.25, 0.3) is 0 Å². The van der Waals surface area contributed by atoms with E-state index in [2.05, 4.69) is 35.4 Å². The molecule has 2 aromatic rings. The van der Waals surface area contributed by atoms with Gasteiger partial charge in [0.05, 0.1) is 6.61 Å². The first-order chi connectivity index (χ1) is 14.6. The van der Waals surface area contributed by atoms with Crippen molar-refractivity contribution in [1.29, 1.82) is 0 Å². The molecule has 0 aliphatic carbocycles. The van der Waals surface area contributed by atoms with Crippen molar-refractivity contribution in [2.75, 3.05) is 30.3 Å². The Balaban J connectivity index is 1.42. The summed E-state index contributed by atoms with van der Waals surface area (Å²) in [6.45, 7) is 7.67. The van der Waals surface area contributed by atoms with Gasteiger partial charge in [-0.2, -0.15) is 0 Å². The van der Waals surface area contributed by atoms with Gasteiger partial charge in [0, 0.05) is 30.8 Å². The molecule has 160 valence electrons. The molecule has 0 atom stereocenters. The maximum atomic E-state index is 12.3. The largest absolute Gasteiger partial charge is 0.494 e. The standard InChI is InChI=1S/C24H31N3O3/c1-3-27(4-2)17-18-7-5-8-20(15-18)25-23(28)9-6-14-30-21-11-12-22-19(16-21)10-13-24(29)26-22/h5,7-8,11-12,15-16H,3-4,6,9-10,13-14,17H2,1-2H3,(H,25,28)(H,26,29). The number of rotatable bonds is 10. The molecule has 6 nitrogen and oxygen atoms in total. The number of nitrogens with one attached hydrogen (secondary N) is 2. The van der Waals surface area contributed by atoms with Gasteiger partial charge in [-0.25, -0.2) is 0 Å². The van der Waals surface area contributed by atoms with E-state index in [1.54, 1.807) is 0 Å². The van der Waals surface area contributed by atoms with Gasteiger partial charge in [0.1, 0.15) is 5.75 Å². The van der Waals surface area contributed by atoms with Crippen LogP contribution in [0.5, 0.6) is 5.75 Å². The number of ether oxygens (including phenoxy) is 1. The predicted octanol–water partition coefficient (Wildman–Crippen LogP) is 4.21. The van der Waals surface area contributed by atoms with E-state index in [9.17, 15) is 9.59 Å². The first-order valence-electron chi connectivity index (χ1n) is 10.7. The predicted molar refractivity (Wildman–Crippen MR) is 120 cm³/mol. The minimum absolute atomic E-state index is 0.00765. The molecule has 0 spiro atoms. The summed E-state index contributed by atoms with van der Waals surface area (Å²) >= 11 is 0. The molecule has 0 fully saturated rings.